The summed E-state index contributed by atoms with van der Waals surface area (Å²) in [6.07, 6.45) is 2.49. The number of nitrogens with two attached hydrogens (primary N) is 1. The molecule has 1 saturated heterocycles. The van der Waals surface area contributed by atoms with Crippen LogP contribution in [-0.2, 0) is 0 Å². The summed E-state index contributed by atoms with van der Waals surface area (Å²) in [4.78, 5) is 2.36. The fraction of sp³-hybridized carbons (Fsp3) is 0.357. The molecule has 2 heterocycles. The lowest BCUT2D eigenvalue weighted by Crippen LogP contribution is -2.17. The number of hydrogen-bond donors (Lipinski definition) is 1. The van der Waals surface area contributed by atoms with E-state index >= 15 is 0 Å². The highest BCUT2D eigenvalue weighted by Crippen LogP contribution is 2.35. The molecule has 1 aliphatic heterocycles. The second-order valence-electron chi connectivity index (χ2n) is 4.69. The van der Waals surface area contributed by atoms with Crippen molar-refractivity contribution >= 4 is 11.5 Å². The number of benzene rings is 1. The molecule has 100 valence electrons. The van der Waals surface area contributed by atoms with Crippen molar-refractivity contribution in [3.05, 3.63) is 24.3 Å². The average molecular weight is 259 g/mol. The maximum Gasteiger partial charge on any atom is 0.172 e. The third-order valence-electron chi connectivity index (χ3n) is 3.45. The van der Waals surface area contributed by atoms with E-state index in [0.29, 0.717) is 11.6 Å². The minimum Gasteiger partial charge on any atom is -0.496 e. The highest BCUT2D eigenvalue weighted by Gasteiger charge is 2.17. The van der Waals surface area contributed by atoms with Gasteiger partial charge in [-0.1, -0.05) is 5.16 Å². The van der Waals surface area contributed by atoms with E-state index in [-0.39, 0.29) is 0 Å². The van der Waals surface area contributed by atoms with E-state index in [2.05, 4.69) is 22.2 Å². The first-order valence-corrected chi connectivity index (χ1v) is 6.43. The SMILES string of the molecule is COc1ccc(N2CCCC2)cc1-c1cc(N)no1. The summed E-state index contributed by atoms with van der Waals surface area (Å²) in [6.45, 7) is 2.20. The van der Waals surface area contributed by atoms with Crippen LogP contribution >= 0.6 is 0 Å². The highest BCUT2D eigenvalue weighted by atomic mass is 16.5. The summed E-state index contributed by atoms with van der Waals surface area (Å²) in [6, 6.07) is 7.82. The number of nitrogen functional groups attached to an aromatic ring is 1. The molecule has 1 aliphatic rings. The zero-order valence-electron chi connectivity index (χ0n) is 10.9. The van der Waals surface area contributed by atoms with Crippen LogP contribution in [0.2, 0.25) is 0 Å². The molecule has 1 fully saturated rings. The second kappa shape index (κ2) is 4.84. The van der Waals surface area contributed by atoms with Crippen molar-refractivity contribution < 1.29 is 9.26 Å². The molecule has 0 radical (unpaired) electrons. The van der Waals surface area contributed by atoms with Crippen molar-refractivity contribution in [2.45, 2.75) is 12.8 Å². The van der Waals surface area contributed by atoms with Crippen LogP contribution in [0, 0.1) is 0 Å². The highest BCUT2D eigenvalue weighted by molar-refractivity contribution is 5.72. The molecule has 1 aromatic carbocycles. The summed E-state index contributed by atoms with van der Waals surface area (Å²) in [5, 5.41) is 3.73. The van der Waals surface area contributed by atoms with Crippen molar-refractivity contribution in [3.63, 3.8) is 0 Å². The van der Waals surface area contributed by atoms with Crippen molar-refractivity contribution in [1.29, 1.82) is 0 Å². The largest absolute Gasteiger partial charge is 0.496 e. The van der Waals surface area contributed by atoms with Crippen LogP contribution in [0.1, 0.15) is 12.8 Å². The van der Waals surface area contributed by atoms with Crippen LogP contribution in [0.25, 0.3) is 11.3 Å². The lowest BCUT2D eigenvalue weighted by atomic mass is 10.1. The molecule has 0 spiro atoms. The molecule has 3 rings (SSSR count). The van der Waals surface area contributed by atoms with Gasteiger partial charge in [0.05, 0.1) is 12.7 Å². The van der Waals surface area contributed by atoms with Gasteiger partial charge >= 0.3 is 0 Å². The molecule has 2 aromatic rings. The average Bonchev–Trinajstić information content (AvgIpc) is 3.09. The quantitative estimate of drug-likeness (QED) is 0.917. The maximum absolute atomic E-state index is 5.61. The predicted molar refractivity (Wildman–Crippen MR) is 74.4 cm³/mol. The Morgan fingerprint density at radius 2 is 2.05 bits per heavy atom. The normalized spacial score (nSPS) is 14.9. The summed E-state index contributed by atoms with van der Waals surface area (Å²) >= 11 is 0. The number of aromatic nitrogens is 1. The third kappa shape index (κ3) is 2.23. The Morgan fingerprint density at radius 3 is 2.68 bits per heavy atom. The molecular formula is C14H17N3O2. The standard InChI is InChI=1S/C14H17N3O2/c1-18-12-5-4-10(17-6-2-3-7-17)8-11(12)13-9-14(15)16-19-13/h4-5,8-9H,2-3,6-7H2,1H3,(H2,15,16). The van der Waals surface area contributed by atoms with Gasteiger partial charge in [-0.3, -0.25) is 0 Å². The monoisotopic (exact) mass is 259 g/mol. The number of methoxy groups -OCH3 is 1. The summed E-state index contributed by atoms with van der Waals surface area (Å²) in [7, 11) is 1.65. The van der Waals surface area contributed by atoms with Gasteiger partial charge in [0, 0.05) is 24.8 Å². The van der Waals surface area contributed by atoms with Crippen LogP contribution in [0.15, 0.2) is 28.8 Å². The Kier molecular flexibility index (Phi) is 3.03. The first-order valence-electron chi connectivity index (χ1n) is 6.43. The van der Waals surface area contributed by atoms with Crippen LogP contribution < -0.4 is 15.4 Å². The maximum atomic E-state index is 5.61. The van der Waals surface area contributed by atoms with Crippen LogP contribution in [0.4, 0.5) is 11.5 Å². The molecule has 19 heavy (non-hydrogen) atoms. The molecule has 0 saturated carbocycles. The van der Waals surface area contributed by atoms with Gasteiger partial charge in [0.2, 0.25) is 0 Å². The molecule has 0 bridgehead atoms. The van der Waals surface area contributed by atoms with Gasteiger partial charge in [-0.2, -0.15) is 0 Å². The molecule has 0 unspecified atom stereocenters. The topological polar surface area (TPSA) is 64.5 Å². The van der Waals surface area contributed by atoms with E-state index in [1.54, 1.807) is 13.2 Å². The molecule has 2 N–H and O–H groups in total. The van der Waals surface area contributed by atoms with Crippen molar-refractivity contribution in [1.82, 2.24) is 5.16 Å². The number of rotatable bonds is 3. The van der Waals surface area contributed by atoms with Crippen molar-refractivity contribution in [2.24, 2.45) is 0 Å². The summed E-state index contributed by atoms with van der Waals surface area (Å²) in [5.74, 6) is 1.78. The van der Waals surface area contributed by atoms with E-state index in [4.69, 9.17) is 15.0 Å². The van der Waals surface area contributed by atoms with Crippen molar-refractivity contribution in [2.75, 3.05) is 30.8 Å². The van der Waals surface area contributed by atoms with Gasteiger partial charge in [-0.25, -0.2) is 0 Å². The first-order chi connectivity index (χ1) is 9.28. The summed E-state index contributed by atoms with van der Waals surface area (Å²) in [5.41, 5.74) is 7.68. The molecule has 5 heteroatoms. The number of nitrogens with zero attached hydrogens (tertiary/aromatic N) is 2. The third-order valence-corrected chi connectivity index (χ3v) is 3.45. The molecule has 0 atom stereocenters. The van der Waals surface area contributed by atoms with Crippen LogP contribution in [-0.4, -0.2) is 25.4 Å². The van der Waals surface area contributed by atoms with Gasteiger partial charge in [-0.05, 0) is 31.0 Å². The Morgan fingerprint density at radius 1 is 1.26 bits per heavy atom. The van der Waals surface area contributed by atoms with E-state index in [0.717, 1.165) is 24.4 Å². The van der Waals surface area contributed by atoms with E-state index in [9.17, 15) is 0 Å². The molecule has 1 aromatic heterocycles. The minimum atomic E-state index is 0.378. The van der Waals surface area contributed by atoms with Gasteiger partial charge in [0.1, 0.15) is 5.75 Å². The lowest BCUT2D eigenvalue weighted by Gasteiger charge is -2.19. The van der Waals surface area contributed by atoms with Crippen LogP contribution in [0.5, 0.6) is 5.75 Å². The number of anilines is 2. The fourth-order valence-corrected chi connectivity index (χ4v) is 2.48. The Balaban J connectivity index is 2.02. The van der Waals surface area contributed by atoms with E-state index in [1.807, 2.05) is 6.07 Å². The van der Waals surface area contributed by atoms with Crippen LogP contribution in [0.3, 0.4) is 0 Å². The summed E-state index contributed by atoms with van der Waals surface area (Å²) < 4.78 is 10.6. The fourth-order valence-electron chi connectivity index (χ4n) is 2.48. The molecule has 5 nitrogen and oxygen atoms in total. The molecule has 0 aliphatic carbocycles. The minimum absolute atomic E-state index is 0.378. The van der Waals surface area contributed by atoms with Gasteiger partial charge in [0.15, 0.2) is 11.6 Å². The number of ether oxygens (including phenoxy) is 1. The predicted octanol–water partition coefficient (Wildman–Crippen LogP) is 2.53. The molecule has 0 amide bonds. The van der Waals surface area contributed by atoms with Gasteiger partial charge in [-0.15, -0.1) is 0 Å². The Hall–Kier alpha value is -2.17. The van der Waals surface area contributed by atoms with Crippen molar-refractivity contribution in [3.8, 4) is 17.1 Å². The Bertz CT molecular complexity index is 574. The lowest BCUT2D eigenvalue weighted by molar-refractivity contribution is 0.407. The zero-order chi connectivity index (χ0) is 13.2. The van der Waals surface area contributed by atoms with E-state index < -0.39 is 0 Å². The van der Waals surface area contributed by atoms with E-state index in [1.165, 1.54) is 18.5 Å². The first kappa shape index (κ1) is 11.9. The second-order valence-corrected chi connectivity index (χ2v) is 4.69. The smallest absolute Gasteiger partial charge is 0.172 e. The van der Waals surface area contributed by atoms with Gasteiger partial charge in [0.25, 0.3) is 0 Å². The molecular weight excluding hydrogens is 242 g/mol. The van der Waals surface area contributed by atoms with Gasteiger partial charge < -0.3 is 19.9 Å². The Labute approximate surface area is 111 Å². The number of hydrogen-bond acceptors (Lipinski definition) is 5. The zero-order valence-corrected chi connectivity index (χ0v) is 10.9.